The summed E-state index contributed by atoms with van der Waals surface area (Å²) < 4.78 is 13.3. The van der Waals surface area contributed by atoms with Crippen LogP contribution in [0.5, 0.6) is 0 Å². The van der Waals surface area contributed by atoms with E-state index in [4.69, 9.17) is 5.11 Å². The van der Waals surface area contributed by atoms with Crippen LogP contribution in [0.3, 0.4) is 0 Å². The van der Waals surface area contributed by atoms with E-state index in [0.717, 1.165) is 12.8 Å². The van der Waals surface area contributed by atoms with Crippen LogP contribution in [-0.4, -0.2) is 41.0 Å². The Bertz CT molecular complexity index is 489. The number of amides is 1. The highest BCUT2D eigenvalue weighted by Gasteiger charge is 2.31. The van der Waals surface area contributed by atoms with E-state index in [9.17, 15) is 14.0 Å². The molecule has 102 valence electrons. The van der Waals surface area contributed by atoms with Crippen LogP contribution in [0.15, 0.2) is 24.3 Å². The molecule has 5 nitrogen and oxygen atoms in total. The van der Waals surface area contributed by atoms with Gasteiger partial charge in [-0.1, -0.05) is 12.1 Å². The van der Waals surface area contributed by atoms with E-state index < -0.39 is 17.7 Å². The molecule has 0 radical (unpaired) electrons. The number of carbonyl (C=O) groups is 2. The first-order valence-corrected chi connectivity index (χ1v) is 6.06. The number of carboxylic acids is 1. The Labute approximate surface area is 110 Å². The van der Waals surface area contributed by atoms with Crippen LogP contribution in [0.25, 0.3) is 0 Å². The van der Waals surface area contributed by atoms with Crippen LogP contribution in [0.2, 0.25) is 0 Å². The molecular formula is C13H15FN2O3. The molecule has 0 atom stereocenters. The molecule has 0 heterocycles. The lowest BCUT2D eigenvalue weighted by Gasteiger charge is -2.19. The fourth-order valence-electron chi connectivity index (χ4n) is 1.86. The molecule has 0 aromatic heterocycles. The molecule has 1 amide bonds. The van der Waals surface area contributed by atoms with Crippen molar-refractivity contribution in [1.29, 1.82) is 0 Å². The molecule has 0 saturated heterocycles. The fraction of sp³-hybridized carbons (Fsp3) is 0.385. The second-order valence-corrected chi connectivity index (χ2v) is 4.56. The number of halogens is 1. The van der Waals surface area contributed by atoms with Crippen LogP contribution in [0.4, 0.5) is 10.1 Å². The van der Waals surface area contributed by atoms with Gasteiger partial charge in [-0.15, -0.1) is 0 Å². The molecule has 0 spiro atoms. The standard InChI is InChI=1S/C13H15FN2O3/c14-10-3-1-2-4-11(10)15-12(17)7-16(8-13(18)19)9-5-6-9/h1-4,9H,5-8H2,(H,15,17)(H,18,19). The van der Waals surface area contributed by atoms with Gasteiger partial charge in [-0.05, 0) is 25.0 Å². The predicted octanol–water partition coefficient (Wildman–Crippen LogP) is 1.31. The largest absolute Gasteiger partial charge is 0.480 e. The van der Waals surface area contributed by atoms with Crippen LogP contribution in [-0.2, 0) is 9.59 Å². The third-order valence-electron chi connectivity index (χ3n) is 2.90. The van der Waals surface area contributed by atoms with Crippen molar-refractivity contribution in [3.8, 4) is 0 Å². The quantitative estimate of drug-likeness (QED) is 0.814. The molecule has 0 unspecified atom stereocenters. The average Bonchev–Trinajstić information content (AvgIpc) is 3.14. The third-order valence-corrected chi connectivity index (χ3v) is 2.90. The third kappa shape index (κ3) is 4.03. The highest BCUT2D eigenvalue weighted by molar-refractivity contribution is 5.92. The van der Waals surface area contributed by atoms with Gasteiger partial charge in [0.25, 0.3) is 0 Å². The Hall–Kier alpha value is -1.95. The van der Waals surface area contributed by atoms with E-state index in [1.54, 1.807) is 11.0 Å². The lowest BCUT2D eigenvalue weighted by atomic mass is 10.3. The van der Waals surface area contributed by atoms with Crippen LogP contribution < -0.4 is 5.32 Å². The van der Waals surface area contributed by atoms with Gasteiger partial charge in [-0.2, -0.15) is 0 Å². The second-order valence-electron chi connectivity index (χ2n) is 4.56. The van der Waals surface area contributed by atoms with Gasteiger partial charge in [-0.3, -0.25) is 14.5 Å². The molecular weight excluding hydrogens is 251 g/mol. The number of aliphatic carboxylic acids is 1. The molecule has 1 aromatic carbocycles. The maximum absolute atomic E-state index is 13.3. The van der Waals surface area contributed by atoms with Gasteiger partial charge in [-0.25, -0.2) is 4.39 Å². The summed E-state index contributed by atoms with van der Waals surface area (Å²) in [6, 6.07) is 6.03. The Kier molecular flexibility index (Phi) is 4.11. The Morgan fingerprint density at radius 1 is 1.32 bits per heavy atom. The number of anilines is 1. The van der Waals surface area contributed by atoms with Gasteiger partial charge in [0, 0.05) is 6.04 Å². The zero-order valence-corrected chi connectivity index (χ0v) is 10.3. The average molecular weight is 266 g/mol. The Morgan fingerprint density at radius 2 is 2.00 bits per heavy atom. The molecule has 1 saturated carbocycles. The van der Waals surface area contributed by atoms with Crippen molar-refractivity contribution in [1.82, 2.24) is 4.90 Å². The summed E-state index contributed by atoms with van der Waals surface area (Å²) in [6.07, 6.45) is 1.81. The van der Waals surface area contributed by atoms with Crippen LogP contribution in [0, 0.1) is 5.82 Å². The molecule has 6 heteroatoms. The number of carbonyl (C=O) groups excluding carboxylic acids is 1. The maximum atomic E-state index is 13.3. The van der Waals surface area contributed by atoms with Gasteiger partial charge in [0.05, 0.1) is 18.8 Å². The fourth-order valence-corrected chi connectivity index (χ4v) is 1.86. The number of carboxylic acid groups (broad SMARTS) is 1. The number of rotatable bonds is 6. The Balaban J connectivity index is 1.92. The monoisotopic (exact) mass is 266 g/mol. The van der Waals surface area contributed by atoms with Crippen molar-refractivity contribution < 1.29 is 19.1 Å². The van der Waals surface area contributed by atoms with E-state index in [0.29, 0.717) is 0 Å². The highest BCUT2D eigenvalue weighted by Crippen LogP contribution is 2.26. The number of nitrogens with zero attached hydrogens (tertiary/aromatic N) is 1. The minimum Gasteiger partial charge on any atom is -0.480 e. The SMILES string of the molecule is O=C(O)CN(CC(=O)Nc1ccccc1F)C1CC1. The first-order chi connectivity index (χ1) is 9.06. The summed E-state index contributed by atoms with van der Waals surface area (Å²) in [5.41, 5.74) is 0.110. The minimum absolute atomic E-state index is 0.0364. The molecule has 2 rings (SSSR count). The van der Waals surface area contributed by atoms with Gasteiger partial charge >= 0.3 is 5.97 Å². The van der Waals surface area contributed by atoms with E-state index in [1.165, 1.54) is 18.2 Å². The van der Waals surface area contributed by atoms with Crippen LogP contribution >= 0.6 is 0 Å². The van der Waals surface area contributed by atoms with E-state index in [-0.39, 0.29) is 24.8 Å². The van der Waals surface area contributed by atoms with Crippen LogP contribution in [0.1, 0.15) is 12.8 Å². The summed E-state index contributed by atoms with van der Waals surface area (Å²) in [7, 11) is 0. The van der Waals surface area contributed by atoms with Crippen molar-refractivity contribution in [3.05, 3.63) is 30.1 Å². The molecule has 2 N–H and O–H groups in total. The summed E-state index contributed by atoms with van der Waals surface area (Å²) in [6.45, 7) is -0.208. The van der Waals surface area contributed by atoms with Gasteiger partial charge in [0.1, 0.15) is 5.82 Å². The lowest BCUT2D eigenvalue weighted by Crippen LogP contribution is -2.38. The van der Waals surface area contributed by atoms with Gasteiger partial charge < -0.3 is 10.4 Å². The van der Waals surface area contributed by atoms with Crippen molar-refractivity contribution >= 4 is 17.6 Å². The lowest BCUT2D eigenvalue weighted by molar-refractivity contribution is -0.138. The summed E-state index contributed by atoms with van der Waals surface area (Å²) >= 11 is 0. The smallest absolute Gasteiger partial charge is 0.317 e. The van der Waals surface area contributed by atoms with E-state index >= 15 is 0 Å². The van der Waals surface area contributed by atoms with Gasteiger partial charge in [0.15, 0.2) is 0 Å². The topological polar surface area (TPSA) is 69.6 Å². The number of nitrogens with one attached hydrogen (secondary N) is 1. The maximum Gasteiger partial charge on any atom is 0.317 e. The van der Waals surface area contributed by atoms with E-state index in [1.807, 2.05) is 0 Å². The van der Waals surface area contributed by atoms with Crippen molar-refractivity contribution in [2.24, 2.45) is 0 Å². The summed E-state index contributed by atoms with van der Waals surface area (Å²) in [5.74, 6) is -1.88. The first-order valence-electron chi connectivity index (χ1n) is 6.06. The van der Waals surface area contributed by atoms with Crippen molar-refractivity contribution in [3.63, 3.8) is 0 Å². The van der Waals surface area contributed by atoms with E-state index in [2.05, 4.69) is 5.32 Å². The highest BCUT2D eigenvalue weighted by atomic mass is 19.1. The number of benzene rings is 1. The molecule has 1 aliphatic rings. The zero-order chi connectivity index (χ0) is 13.8. The molecule has 1 aliphatic carbocycles. The summed E-state index contributed by atoms with van der Waals surface area (Å²) in [5, 5.41) is 11.2. The van der Waals surface area contributed by atoms with Crippen molar-refractivity contribution in [2.75, 3.05) is 18.4 Å². The normalized spacial score (nSPS) is 14.4. The zero-order valence-electron chi connectivity index (χ0n) is 10.3. The minimum atomic E-state index is -0.967. The summed E-state index contributed by atoms with van der Waals surface area (Å²) in [4.78, 5) is 24.1. The number of para-hydroxylation sites is 1. The molecule has 1 aromatic rings. The molecule has 1 fully saturated rings. The number of hydrogen-bond donors (Lipinski definition) is 2. The Morgan fingerprint density at radius 3 is 2.58 bits per heavy atom. The predicted molar refractivity (Wildman–Crippen MR) is 67.3 cm³/mol. The first kappa shape index (κ1) is 13.5. The molecule has 0 bridgehead atoms. The van der Waals surface area contributed by atoms with Gasteiger partial charge in [0.2, 0.25) is 5.91 Å². The molecule has 19 heavy (non-hydrogen) atoms. The number of hydrogen-bond acceptors (Lipinski definition) is 3. The van der Waals surface area contributed by atoms with Crippen molar-refractivity contribution in [2.45, 2.75) is 18.9 Å². The molecule has 0 aliphatic heterocycles. The second kappa shape index (κ2) is 5.79.